The molecule has 1 saturated heterocycles. The zero-order chi connectivity index (χ0) is 13.1. The Hall–Kier alpha value is -0.640. The van der Waals surface area contributed by atoms with Crippen molar-refractivity contribution in [3.05, 3.63) is 34.6 Å². The van der Waals surface area contributed by atoms with Gasteiger partial charge in [0.15, 0.2) is 0 Å². The lowest BCUT2D eigenvalue weighted by molar-refractivity contribution is 0.0631. The smallest absolute Gasteiger partial charge is 0.126 e. The lowest BCUT2D eigenvalue weighted by atomic mass is 9.93. The SMILES string of the molecule is CNC(Cc1cc(Cl)ccc1F)C1OCCC1C. The molecule has 1 fully saturated rings. The van der Waals surface area contributed by atoms with E-state index in [2.05, 4.69) is 12.2 Å². The largest absolute Gasteiger partial charge is 0.376 e. The van der Waals surface area contributed by atoms with Crippen molar-refractivity contribution in [3.8, 4) is 0 Å². The third-order valence-electron chi connectivity index (χ3n) is 3.66. The number of benzene rings is 1. The summed E-state index contributed by atoms with van der Waals surface area (Å²) in [5, 5.41) is 3.81. The van der Waals surface area contributed by atoms with Crippen LogP contribution in [0.3, 0.4) is 0 Å². The molecule has 4 heteroatoms. The van der Waals surface area contributed by atoms with E-state index in [0.29, 0.717) is 22.9 Å². The standard InChI is InChI=1S/C14H19ClFNO/c1-9-5-6-18-14(9)13(17-2)8-10-7-11(15)3-4-12(10)16/h3-4,7,9,13-14,17H,5-6,8H2,1-2H3. The first kappa shape index (κ1) is 13.8. The molecule has 1 aliphatic heterocycles. The van der Waals surface area contributed by atoms with Crippen LogP contribution in [-0.4, -0.2) is 25.8 Å². The molecule has 1 aromatic carbocycles. The summed E-state index contributed by atoms with van der Waals surface area (Å²) in [6.45, 7) is 2.97. The molecule has 2 nitrogen and oxygen atoms in total. The summed E-state index contributed by atoms with van der Waals surface area (Å²) in [5.74, 6) is 0.301. The summed E-state index contributed by atoms with van der Waals surface area (Å²) in [4.78, 5) is 0. The van der Waals surface area contributed by atoms with Crippen molar-refractivity contribution in [1.82, 2.24) is 5.32 Å². The average molecular weight is 272 g/mol. The second-order valence-corrected chi connectivity index (χ2v) is 5.37. The minimum Gasteiger partial charge on any atom is -0.376 e. The number of ether oxygens (including phenoxy) is 1. The molecular weight excluding hydrogens is 253 g/mol. The van der Waals surface area contributed by atoms with E-state index in [0.717, 1.165) is 13.0 Å². The zero-order valence-corrected chi connectivity index (χ0v) is 11.5. The van der Waals surface area contributed by atoms with Crippen LogP contribution in [0, 0.1) is 11.7 Å². The molecular formula is C14H19ClFNO. The molecule has 100 valence electrons. The van der Waals surface area contributed by atoms with E-state index in [9.17, 15) is 4.39 Å². The van der Waals surface area contributed by atoms with Crippen molar-refractivity contribution < 1.29 is 9.13 Å². The number of hydrogen-bond donors (Lipinski definition) is 1. The molecule has 0 radical (unpaired) electrons. The van der Waals surface area contributed by atoms with Crippen LogP contribution in [0.25, 0.3) is 0 Å². The summed E-state index contributed by atoms with van der Waals surface area (Å²) in [6, 6.07) is 4.81. The average Bonchev–Trinajstić information content (AvgIpc) is 2.77. The van der Waals surface area contributed by atoms with Crippen LogP contribution in [0.2, 0.25) is 5.02 Å². The third-order valence-corrected chi connectivity index (χ3v) is 3.89. The van der Waals surface area contributed by atoms with E-state index in [1.807, 2.05) is 7.05 Å². The lowest BCUT2D eigenvalue weighted by Gasteiger charge is -2.26. The Bertz CT molecular complexity index is 413. The van der Waals surface area contributed by atoms with Crippen molar-refractivity contribution in [3.63, 3.8) is 0 Å². The molecule has 0 amide bonds. The second kappa shape index (κ2) is 6.00. The number of halogens is 2. The zero-order valence-electron chi connectivity index (χ0n) is 10.7. The van der Waals surface area contributed by atoms with Crippen LogP contribution >= 0.6 is 11.6 Å². The maximum absolute atomic E-state index is 13.7. The Labute approximate surface area is 112 Å². The molecule has 1 aliphatic rings. The molecule has 0 spiro atoms. The third kappa shape index (κ3) is 3.02. The maximum Gasteiger partial charge on any atom is 0.126 e. The molecule has 3 atom stereocenters. The van der Waals surface area contributed by atoms with E-state index in [1.165, 1.54) is 6.07 Å². The predicted octanol–water partition coefficient (Wildman–Crippen LogP) is 3.03. The van der Waals surface area contributed by atoms with Gasteiger partial charge in [-0.25, -0.2) is 4.39 Å². The fourth-order valence-electron chi connectivity index (χ4n) is 2.55. The molecule has 0 saturated carbocycles. The van der Waals surface area contributed by atoms with Gasteiger partial charge in [-0.05, 0) is 49.6 Å². The van der Waals surface area contributed by atoms with Gasteiger partial charge < -0.3 is 10.1 Å². The predicted molar refractivity (Wildman–Crippen MR) is 71.5 cm³/mol. The Kier molecular flexibility index (Phi) is 4.60. The van der Waals surface area contributed by atoms with Crippen molar-refractivity contribution in [2.45, 2.75) is 31.9 Å². The number of rotatable bonds is 4. The fraction of sp³-hybridized carbons (Fsp3) is 0.571. The first-order valence-electron chi connectivity index (χ1n) is 6.34. The van der Waals surface area contributed by atoms with Crippen LogP contribution < -0.4 is 5.32 Å². The highest BCUT2D eigenvalue weighted by Crippen LogP contribution is 2.26. The molecule has 1 aromatic rings. The van der Waals surface area contributed by atoms with Gasteiger partial charge in [0.1, 0.15) is 5.82 Å². The molecule has 0 aromatic heterocycles. The Morgan fingerprint density at radius 3 is 2.94 bits per heavy atom. The fourth-order valence-corrected chi connectivity index (χ4v) is 2.75. The van der Waals surface area contributed by atoms with Crippen LogP contribution in [0.4, 0.5) is 4.39 Å². The van der Waals surface area contributed by atoms with Gasteiger partial charge in [0.05, 0.1) is 6.10 Å². The van der Waals surface area contributed by atoms with E-state index in [1.54, 1.807) is 12.1 Å². The van der Waals surface area contributed by atoms with Crippen molar-refractivity contribution in [1.29, 1.82) is 0 Å². The van der Waals surface area contributed by atoms with Crippen molar-refractivity contribution in [2.24, 2.45) is 5.92 Å². The van der Waals surface area contributed by atoms with Crippen LogP contribution in [0.5, 0.6) is 0 Å². The highest BCUT2D eigenvalue weighted by Gasteiger charge is 2.31. The topological polar surface area (TPSA) is 21.3 Å². The van der Waals surface area contributed by atoms with E-state index in [-0.39, 0.29) is 18.0 Å². The number of likely N-dealkylation sites (N-methyl/N-ethyl adjacent to an activating group) is 1. The van der Waals surface area contributed by atoms with E-state index < -0.39 is 0 Å². The first-order chi connectivity index (χ1) is 8.61. The van der Waals surface area contributed by atoms with Gasteiger partial charge in [0, 0.05) is 17.7 Å². The number of nitrogens with one attached hydrogen (secondary N) is 1. The van der Waals surface area contributed by atoms with Crippen LogP contribution in [0.15, 0.2) is 18.2 Å². The van der Waals surface area contributed by atoms with Gasteiger partial charge in [-0.1, -0.05) is 18.5 Å². The normalized spacial score (nSPS) is 25.3. The Balaban J connectivity index is 2.12. The summed E-state index contributed by atoms with van der Waals surface area (Å²) in [6.07, 6.45) is 1.81. The summed E-state index contributed by atoms with van der Waals surface area (Å²) >= 11 is 5.91. The molecule has 3 unspecified atom stereocenters. The maximum atomic E-state index is 13.7. The Morgan fingerprint density at radius 2 is 2.33 bits per heavy atom. The summed E-state index contributed by atoms with van der Waals surface area (Å²) in [5.41, 5.74) is 0.643. The van der Waals surface area contributed by atoms with Gasteiger partial charge in [0.25, 0.3) is 0 Å². The van der Waals surface area contributed by atoms with Crippen LogP contribution in [0.1, 0.15) is 18.9 Å². The first-order valence-corrected chi connectivity index (χ1v) is 6.72. The molecule has 18 heavy (non-hydrogen) atoms. The number of hydrogen-bond acceptors (Lipinski definition) is 2. The highest BCUT2D eigenvalue weighted by molar-refractivity contribution is 6.30. The monoisotopic (exact) mass is 271 g/mol. The Morgan fingerprint density at radius 1 is 1.56 bits per heavy atom. The van der Waals surface area contributed by atoms with Crippen LogP contribution in [-0.2, 0) is 11.2 Å². The van der Waals surface area contributed by atoms with E-state index >= 15 is 0 Å². The lowest BCUT2D eigenvalue weighted by Crippen LogP contribution is -2.42. The quantitative estimate of drug-likeness (QED) is 0.909. The van der Waals surface area contributed by atoms with Gasteiger partial charge in [-0.2, -0.15) is 0 Å². The van der Waals surface area contributed by atoms with Gasteiger partial charge >= 0.3 is 0 Å². The molecule has 1 N–H and O–H groups in total. The highest BCUT2D eigenvalue weighted by atomic mass is 35.5. The molecule has 2 rings (SSSR count). The minimum atomic E-state index is -0.203. The molecule has 0 bridgehead atoms. The second-order valence-electron chi connectivity index (χ2n) is 4.94. The van der Waals surface area contributed by atoms with E-state index in [4.69, 9.17) is 16.3 Å². The van der Waals surface area contributed by atoms with Crippen molar-refractivity contribution >= 4 is 11.6 Å². The van der Waals surface area contributed by atoms with Gasteiger partial charge in [-0.3, -0.25) is 0 Å². The molecule has 0 aliphatic carbocycles. The molecule has 1 heterocycles. The van der Waals surface area contributed by atoms with Gasteiger partial charge in [-0.15, -0.1) is 0 Å². The van der Waals surface area contributed by atoms with Gasteiger partial charge in [0.2, 0.25) is 0 Å². The summed E-state index contributed by atoms with van der Waals surface area (Å²) in [7, 11) is 1.89. The minimum absolute atomic E-state index is 0.121. The van der Waals surface area contributed by atoms with Crippen molar-refractivity contribution in [2.75, 3.05) is 13.7 Å². The summed E-state index contributed by atoms with van der Waals surface area (Å²) < 4.78 is 19.5.